The van der Waals surface area contributed by atoms with Crippen LogP contribution < -0.4 is 15.8 Å². The van der Waals surface area contributed by atoms with Gasteiger partial charge < -0.3 is 20.5 Å². The number of aryl methyl sites for hydroxylation is 1. The summed E-state index contributed by atoms with van der Waals surface area (Å²) in [5, 5.41) is 3.16. The fraction of sp³-hybridized carbons (Fsp3) is 0.296. The van der Waals surface area contributed by atoms with Crippen LogP contribution in [0.3, 0.4) is 0 Å². The number of alkyl halides is 3. The van der Waals surface area contributed by atoms with Crippen molar-refractivity contribution in [1.29, 1.82) is 0 Å². The number of rotatable bonds is 11. The molecule has 0 bridgehead atoms. The van der Waals surface area contributed by atoms with E-state index in [1.807, 2.05) is 31.2 Å². The second kappa shape index (κ2) is 12.6. The van der Waals surface area contributed by atoms with Gasteiger partial charge in [0.25, 0.3) is 0 Å². The molecule has 198 valence electrons. The van der Waals surface area contributed by atoms with Gasteiger partial charge in [-0.3, -0.25) is 0 Å². The fourth-order valence-corrected chi connectivity index (χ4v) is 3.76. The number of nitrogens with two attached hydrogens (primary N) is 1. The maximum absolute atomic E-state index is 13.6. The molecule has 10 heteroatoms. The zero-order valence-electron chi connectivity index (χ0n) is 20.0. The van der Waals surface area contributed by atoms with Gasteiger partial charge in [0.1, 0.15) is 23.5 Å². The normalized spacial score (nSPS) is 13.2. The molecule has 0 aliphatic carbocycles. The lowest BCUT2D eigenvalue weighted by atomic mass is 10.0. The quantitative estimate of drug-likeness (QED) is 0.264. The van der Waals surface area contributed by atoms with Crippen LogP contribution in [0.25, 0.3) is 0 Å². The highest BCUT2D eigenvalue weighted by molar-refractivity contribution is 5.90. The largest absolute Gasteiger partial charge is 0.573 e. The first kappa shape index (κ1) is 28.1. The predicted molar refractivity (Wildman–Crippen MR) is 128 cm³/mol. The number of hydrogen-bond donors (Lipinski definition) is 2. The van der Waals surface area contributed by atoms with E-state index in [0.29, 0.717) is 6.54 Å². The average molecular weight is 523 g/mol. The molecule has 3 aromatic carbocycles. The van der Waals surface area contributed by atoms with E-state index in [1.165, 1.54) is 12.1 Å². The number of nitrogens with one attached hydrogen (secondary N) is 1. The van der Waals surface area contributed by atoms with E-state index in [4.69, 9.17) is 10.5 Å². The number of benzene rings is 3. The SMILES string of the molecule is CCc1cccc(CNCC(OC(=O)c2cccc(OC(F)(F)F)c2)C(N)Cc2cc(F)cc(F)c2)c1. The third-order valence-electron chi connectivity index (χ3n) is 5.51. The van der Waals surface area contributed by atoms with Crippen molar-refractivity contribution in [3.63, 3.8) is 0 Å². The molecule has 0 fully saturated rings. The van der Waals surface area contributed by atoms with Crippen molar-refractivity contribution in [2.24, 2.45) is 5.73 Å². The Balaban J connectivity index is 1.74. The molecule has 3 aromatic rings. The molecule has 2 unspecified atom stereocenters. The Morgan fingerprint density at radius 3 is 2.30 bits per heavy atom. The van der Waals surface area contributed by atoms with Crippen molar-refractivity contribution in [2.45, 2.75) is 44.8 Å². The summed E-state index contributed by atoms with van der Waals surface area (Å²) in [5.41, 5.74) is 8.51. The summed E-state index contributed by atoms with van der Waals surface area (Å²) in [5.74, 6) is -3.04. The molecular formula is C27H27F5N2O3. The zero-order chi connectivity index (χ0) is 27.0. The van der Waals surface area contributed by atoms with Crippen LogP contribution in [-0.2, 0) is 24.1 Å². The summed E-state index contributed by atoms with van der Waals surface area (Å²) in [6, 6.07) is 14.4. The van der Waals surface area contributed by atoms with Crippen molar-refractivity contribution in [2.75, 3.05) is 6.54 Å². The fourth-order valence-electron chi connectivity index (χ4n) is 3.76. The minimum absolute atomic E-state index is 0.0170. The standard InChI is InChI=1S/C27H27F5N2O3/c1-2-17-5-3-6-18(9-17)15-34-16-25(24(33)12-19-10-21(28)14-22(29)11-19)36-26(35)20-7-4-8-23(13-20)37-27(30,31)32/h3-11,13-14,24-25,34H,2,12,15-16,33H2,1H3. The van der Waals surface area contributed by atoms with Gasteiger partial charge in [0.2, 0.25) is 0 Å². The van der Waals surface area contributed by atoms with Crippen LogP contribution >= 0.6 is 0 Å². The molecule has 0 aliphatic rings. The molecule has 5 nitrogen and oxygen atoms in total. The van der Waals surface area contributed by atoms with Gasteiger partial charge in [0, 0.05) is 25.2 Å². The number of hydrogen-bond acceptors (Lipinski definition) is 5. The van der Waals surface area contributed by atoms with Crippen molar-refractivity contribution in [3.8, 4) is 5.75 Å². The molecule has 0 aromatic heterocycles. The summed E-state index contributed by atoms with van der Waals surface area (Å²) < 4.78 is 74.4. The monoisotopic (exact) mass is 522 g/mol. The molecule has 0 amide bonds. The Hall–Kier alpha value is -3.50. The van der Waals surface area contributed by atoms with Gasteiger partial charge in [-0.2, -0.15) is 0 Å². The Labute approximate surface area is 211 Å². The molecule has 0 saturated carbocycles. The van der Waals surface area contributed by atoms with E-state index in [0.717, 1.165) is 47.9 Å². The van der Waals surface area contributed by atoms with Crippen LogP contribution in [0.5, 0.6) is 5.75 Å². The first-order chi connectivity index (χ1) is 17.5. The smallest absolute Gasteiger partial charge is 0.456 e. The lowest BCUT2D eigenvalue weighted by Crippen LogP contribution is -2.46. The van der Waals surface area contributed by atoms with Crippen molar-refractivity contribution in [1.82, 2.24) is 5.32 Å². The first-order valence-electron chi connectivity index (χ1n) is 11.6. The zero-order valence-corrected chi connectivity index (χ0v) is 20.0. The minimum Gasteiger partial charge on any atom is -0.456 e. The number of ether oxygens (including phenoxy) is 2. The first-order valence-corrected chi connectivity index (χ1v) is 11.6. The van der Waals surface area contributed by atoms with E-state index < -0.39 is 41.9 Å². The second-order valence-corrected chi connectivity index (χ2v) is 8.47. The Kier molecular flexibility index (Phi) is 9.60. The molecule has 37 heavy (non-hydrogen) atoms. The van der Waals surface area contributed by atoms with Gasteiger partial charge >= 0.3 is 12.3 Å². The minimum atomic E-state index is -4.92. The highest BCUT2D eigenvalue weighted by Gasteiger charge is 2.31. The summed E-state index contributed by atoms with van der Waals surface area (Å²) >= 11 is 0. The highest BCUT2D eigenvalue weighted by atomic mass is 19.4. The van der Waals surface area contributed by atoms with Crippen molar-refractivity contribution >= 4 is 5.97 Å². The average Bonchev–Trinajstić information content (AvgIpc) is 2.82. The number of carbonyl (C=O) groups excluding carboxylic acids is 1. The highest BCUT2D eigenvalue weighted by Crippen LogP contribution is 2.24. The number of halogens is 5. The lowest BCUT2D eigenvalue weighted by Gasteiger charge is -2.25. The molecule has 0 spiro atoms. The van der Waals surface area contributed by atoms with Gasteiger partial charge in [-0.15, -0.1) is 13.2 Å². The topological polar surface area (TPSA) is 73.6 Å². The van der Waals surface area contributed by atoms with Gasteiger partial charge in [-0.05, 0) is 59.9 Å². The van der Waals surface area contributed by atoms with Crippen LogP contribution in [0.2, 0.25) is 0 Å². The van der Waals surface area contributed by atoms with Crippen molar-refractivity contribution < 1.29 is 36.2 Å². The molecule has 3 N–H and O–H groups in total. The molecule has 3 rings (SSSR count). The molecule has 0 aliphatic heterocycles. The van der Waals surface area contributed by atoms with Gasteiger partial charge in [0.15, 0.2) is 0 Å². The van der Waals surface area contributed by atoms with E-state index in [9.17, 15) is 26.7 Å². The summed E-state index contributed by atoms with van der Waals surface area (Å²) in [4.78, 5) is 12.8. The Morgan fingerprint density at radius 2 is 1.62 bits per heavy atom. The molecule has 0 saturated heterocycles. The van der Waals surface area contributed by atoms with Gasteiger partial charge in [-0.1, -0.05) is 37.3 Å². The number of esters is 1. The third-order valence-corrected chi connectivity index (χ3v) is 5.51. The Morgan fingerprint density at radius 1 is 0.946 bits per heavy atom. The summed E-state index contributed by atoms with van der Waals surface area (Å²) in [7, 11) is 0. The van der Waals surface area contributed by atoms with Crippen LogP contribution in [0.1, 0.15) is 34.0 Å². The van der Waals surface area contributed by atoms with Crippen molar-refractivity contribution in [3.05, 3.63) is 101 Å². The maximum atomic E-state index is 13.6. The van der Waals surface area contributed by atoms with Gasteiger partial charge in [-0.25, -0.2) is 13.6 Å². The molecule has 0 radical (unpaired) electrons. The lowest BCUT2D eigenvalue weighted by molar-refractivity contribution is -0.274. The van der Waals surface area contributed by atoms with Crippen LogP contribution in [0, 0.1) is 11.6 Å². The van der Waals surface area contributed by atoms with E-state index >= 15 is 0 Å². The molecule has 2 atom stereocenters. The van der Waals surface area contributed by atoms with Crippen LogP contribution in [0.4, 0.5) is 22.0 Å². The van der Waals surface area contributed by atoms with Crippen LogP contribution in [-0.4, -0.2) is 31.0 Å². The molecule has 0 heterocycles. The van der Waals surface area contributed by atoms with E-state index in [-0.39, 0.29) is 24.1 Å². The predicted octanol–water partition coefficient (Wildman–Crippen LogP) is 5.31. The summed E-state index contributed by atoms with van der Waals surface area (Å²) in [6.45, 7) is 2.54. The van der Waals surface area contributed by atoms with E-state index in [1.54, 1.807) is 0 Å². The van der Waals surface area contributed by atoms with E-state index in [2.05, 4.69) is 10.1 Å². The Bertz CT molecular complexity index is 1180. The van der Waals surface area contributed by atoms with Crippen LogP contribution in [0.15, 0.2) is 66.7 Å². The second-order valence-electron chi connectivity index (χ2n) is 8.47. The number of carbonyl (C=O) groups is 1. The summed E-state index contributed by atoms with van der Waals surface area (Å²) in [6.07, 6.45) is -5.05. The third kappa shape index (κ3) is 9.14. The molecular weight excluding hydrogens is 495 g/mol. The maximum Gasteiger partial charge on any atom is 0.573 e. The van der Waals surface area contributed by atoms with Gasteiger partial charge in [0.05, 0.1) is 5.56 Å².